The summed E-state index contributed by atoms with van der Waals surface area (Å²) in [6, 6.07) is 13.6. The second kappa shape index (κ2) is 4.44. The largest absolute Gasteiger partial charge is 0.370 e. The van der Waals surface area contributed by atoms with E-state index in [0.717, 1.165) is 11.1 Å². The first-order valence-corrected chi connectivity index (χ1v) is 4.87. The minimum atomic E-state index is 0.0101. The Hall–Kier alpha value is -2.36. The Morgan fingerprint density at radius 1 is 1.00 bits per heavy atom. The molecule has 0 amide bonds. The normalized spacial score (nSPS) is 9.75. The summed E-state index contributed by atoms with van der Waals surface area (Å²) in [5.74, 6) is 0.546. The monoisotopic (exact) mass is 212 g/mol. The Balaban J connectivity index is 2.53. The van der Waals surface area contributed by atoms with Crippen LogP contribution >= 0.6 is 0 Å². The van der Waals surface area contributed by atoms with Gasteiger partial charge >= 0.3 is 0 Å². The predicted molar refractivity (Wildman–Crippen MR) is 65.1 cm³/mol. The van der Waals surface area contributed by atoms with Crippen molar-refractivity contribution in [2.45, 2.75) is 0 Å². The highest BCUT2D eigenvalue weighted by Gasteiger charge is 2.04. The summed E-state index contributed by atoms with van der Waals surface area (Å²) in [7, 11) is 0. The highest BCUT2D eigenvalue weighted by Crippen LogP contribution is 2.27. The highest BCUT2D eigenvalue weighted by molar-refractivity contribution is 5.82. The number of nitrogens with two attached hydrogens (primary N) is 2. The Morgan fingerprint density at radius 2 is 1.75 bits per heavy atom. The molecule has 16 heavy (non-hydrogen) atoms. The molecule has 0 radical (unpaired) electrons. The molecule has 0 saturated carbocycles. The second-order valence-corrected chi connectivity index (χ2v) is 3.28. The molecule has 1 aromatic heterocycles. The molecule has 1 heterocycles. The van der Waals surface area contributed by atoms with E-state index in [4.69, 9.17) is 11.5 Å². The Morgan fingerprint density at radius 3 is 2.44 bits per heavy atom. The molecular formula is C12H12N4. The number of rotatable bonds is 2. The van der Waals surface area contributed by atoms with Crippen LogP contribution < -0.4 is 11.5 Å². The number of hydrogen-bond acceptors (Lipinski definition) is 2. The maximum absolute atomic E-state index is 5.36. The number of hydrogen-bond donors (Lipinski definition) is 2. The van der Waals surface area contributed by atoms with Gasteiger partial charge in [-0.05, 0) is 17.7 Å². The van der Waals surface area contributed by atoms with Gasteiger partial charge in [-0.25, -0.2) is 4.98 Å². The van der Waals surface area contributed by atoms with Gasteiger partial charge < -0.3 is 11.5 Å². The number of aromatic nitrogens is 1. The van der Waals surface area contributed by atoms with Gasteiger partial charge in [0.15, 0.2) is 11.8 Å². The summed E-state index contributed by atoms with van der Waals surface area (Å²) in [6.07, 6.45) is 1.66. The van der Waals surface area contributed by atoms with E-state index in [1.54, 1.807) is 6.20 Å². The minimum Gasteiger partial charge on any atom is -0.370 e. The lowest BCUT2D eigenvalue weighted by Gasteiger charge is -2.04. The molecule has 80 valence electrons. The Labute approximate surface area is 93.6 Å². The van der Waals surface area contributed by atoms with Gasteiger partial charge in [0.1, 0.15) is 0 Å². The molecular weight excluding hydrogens is 200 g/mol. The zero-order chi connectivity index (χ0) is 11.4. The molecule has 2 rings (SSSR count). The van der Waals surface area contributed by atoms with Crippen molar-refractivity contribution in [3.05, 3.63) is 48.7 Å². The number of nitrogens with zero attached hydrogens (tertiary/aromatic N) is 2. The third-order valence-electron chi connectivity index (χ3n) is 2.11. The SMILES string of the molecule is NC(N)=Nc1ncccc1-c1ccccc1. The molecule has 4 heteroatoms. The first kappa shape index (κ1) is 10.2. The van der Waals surface area contributed by atoms with Gasteiger partial charge in [0, 0.05) is 11.8 Å². The number of benzene rings is 1. The molecule has 4 nitrogen and oxygen atoms in total. The zero-order valence-electron chi connectivity index (χ0n) is 8.67. The summed E-state index contributed by atoms with van der Waals surface area (Å²) in [5, 5.41) is 0. The second-order valence-electron chi connectivity index (χ2n) is 3.28. The van der Waals surface area contributed by atoms with E-state index < -0.39 is 0 Å². The molecule has 0 aliphatic rings. The first-order valence-electron chi connectivity index (χ1n) is 4.87. The lowest BCUT2D eigenvalue weighted by atomic mass is 10.1. The van der Waals surface area contributed by atoms with Gasteiger partial charge in [0.05, 0.1) is 0 Å². The lowest BCUT2D eigenvalue weighted by molar-refractivity contribution is 1.26. The molecule has 0 aliphatic heterocycles. The van der Waals surface area contributed by atoms with Crippen molar-refractivity contribution in [3.63, 3.8) is 0 Å². The predicted octanol–water partition coefficient (Wildman–Crippen LogP) is 1.65. The fourth-order valence-electron chi connectivity index (χ4n) is 1.45. The van der Waals surface area contributed by atoms with Gasteiger partial charge in [-0.2, -0.15) is 4.99 Å². The summed E-state index contributed by atoms with van der Waals surface area (Å²) in [5.41, 5.74) is 12.7. The van der Waals surface area contributed by atoms with Gasteiger partial charge in [-0.3, -0.25) is 0 Å². The van der Waals surface area contributed by atoms with Crippen LogP contribution in [-0.2, 0) is 0 Å². The van der Waals surface area contributed by atoms with Crippen LogP contribution in [0.2, 0.25) is 0 Å². The maximum atomic E-state index is 5.36. The van der Waals surface area contributed by atoms with Crippen LogP contribution in [0.25, 0.3) is 11.1 Å². The fourth-order valence-corrected chi connectivity index (χ4v) is 1.45. The molecule has 0 spiro atoms. The third kappa shape index (κ3) is 2.17. The molecule has 0 bridgehead atoms. The summed E-state index contributed by atoms with van der Waals surface area (Å²) in [6.45, 7) is 0. The van der Waals surface area contributed by atoms with Crippen molar-refractivity contribution in [2.24, 2.45) is 16.5 Å². The summed E-state index contributed by atoms with van der Waals surface area (Å²) < 4.78 is 0. The van der Waals surface area contributed by atoms with Crippen LogP contribution in [-0.4, -0.2) is 10.9 Å². The van der Waals surface area contributed by atoms with Crippen LogP contribution in [0.5, 0.6) is 0 Å². The van der Waals surface area contributed by atoms with Gasteiger partial charge in [0.2, 0.25) is 0 Å². The molecule has 0 atom stereocenters. The van der Waals surface area contributed by atoms with E-state index in [1.165, 1.54) is 0 Å². The molecule has 0 aliphatic carbocycles. The van der Waals surface area contributed by atoms with Crippen molar-refractivity contribution >= 4 is 11.8 Å². The van der Waals surface area contributed by atoms with Crippen molar-refractivity contribution in [3.8, 4) is 11.1 Å². The fraction of sp³-hybridized carbons (Fsp3) is 0. The van der Waals surface area contributed by atoms with Gasteiger partial charge in [-0.1, -0.05) is 30.3 Å². The summed E-state index contributed by atoms with van der Waals surface area (Å²) in [4.78, 5) is 8.14. The van der Waals surface area contributed by atoms with E-state index in [2.05, 4.69) is 9.98 Å². The van der Waals surface area contributed by atoms with Crippen molar-refractivity contribution in [2.75, 3.05) is 0 Å². The van der Waals surface area contributed by atoms with Crippen LogP contribution in [0.1, 0.15) is 0 Å². The van der Waals surface area contributed by atoms with E-state index in [9.17, 15) is 0 Å². The number of aliphatic imine (C=N–C) groups is 1. The van der Waals surface area contributed by atoms with Crippen molar-refractivity contribution in [1.29, 1.82) is 0 Å². The van der Waals surface area contributed by atoms with Gasteiger partial charge in [0.25, 0.3) is 0 Å². The van der Waals surface area contributed by atoms with Crippen LogP contribution in [0.4, 0.5) is 5.82 Å². The molecule has 4 N–H and O–H groups in total. The first-order chi connectivity index (χ1) is 7.77. The maximum Gasteiger partial charge on any atom is 0.192 e. The van der Waals surface area contributed by atoms with Gasteiger partial charge in [-0.15, -0.1) is 0 Å². The standard InChI is InChI=1S/C12H12N4/c13-12(14)16-11-10(7-4-8-15-11)9-5-2-1-3-6-9/h1-8H,(H4,13,14,15,16). The minimum absolute atomic E-state index is 0.0101. The van der Waals surface area contributed by atoms with Crippen LogP contribution in [0.15, 0.2) is 53.7 Å². The molecule has 0 unspecified atom stereocenters. The smallest absolute Gasteiger partial charge is 0.192 e. The van der Waals surface area contributed by atoms with E-state index in [1.807, 2.05) is 42.5 Å². The van der Waals surface area contributed by atoms with E-state index >= 15 is 0 Å². The topological polar surface area (TPSA) is 77.3 Å². The molecule has 1 aromatic carbocycles. The van der Waals surface area contributed by atoms with E-state index in [0.29, 0.717) is 5.82 Å². The van der Waals surface area contributed by atoms with Crippen molar-refractivity contribution in [1.82, 2.24) is 4.98 Å². The average molecular weight is 212 g/mol. The lowest BCUT2D eigenvalue weighted by Crippen LogP contribution is -2.22. The highest BCUT2D eigenvalue weighted by atomic mass is 15.0. The molecule has 0 fully saturated rings. The Kier molecular flexibility index (Phi) is 2.82. The molecule has 0 saturated heterocycles. The zero-order valence-corrected chi connectivity index (χ0v) is 8.67. The summed E-state index contributed by atoms with van der Waals surface area (Å²) >= 11 is 0. The van der Waals surface area contributed by atoms with Crippen LogP contribution in [0.3, 0.4) is 0 Å². The van der Waals surface area contributed by atoms with Crippen LogP contribution in [0, 0.1) is 0 Å². The number of pyridine rings is 1. The molecule has 2 aromatic rings. The van der Waals surface area contributed by atoms with Crippen molar-refractivity contribution < 1.29 is 0 Å². The Bertz CT molecular complexity index is 501. The van der Waals surface area contributed by atoms with E-state index in [-0.39, 0.29) is 5.96 Å². The number of guanidine groups is 1. The quantitative estimate of drug-likeness (QED) is 0.587. The average Bonchev–Trinajstić information content (AvgIpc) is 2.30. The third-order valence-corrected chi connectivity index (χ3v) is 2.11.